The van der Waals surface area contributed by atoms with Gasteiger partial charge >= 0.3 is 0 Å². The van der Waals surface area contributed by atoms with Crippen LogP contribution in [0, 0.1) is 5.41 Å². The molecule has 0 spiro atoms. The first-order chi connectivity index (χ1) is 10.4. The molecule has 0 aliphatic carbocycles. The maximum absolute atomic E-state index is 11.4. The maximum Gasteiger partial charge on any atom is 0.224 e. The summed E-state index contributed by atoms with van der Waals surface area (Å²) in [5, 5.41) is 5.65. The standard InChI is InChI=1S/C18H24N2O2/c1-12(20-11-18(2,3)17(19)21)13-9-10-16(22-4)15-8-6-5-7-14(13)15/h5-10,12,20H,11H2,1-4H3,(H2,19,21)/t12-/m1/s1. The van der Waals surface area contributed by atoms with Crippen LogP contribution in [0.15, 0.2) is 36.4 Å². The minimum absolute atomic E-state index is 0.106. The van der Waals surface area contributed by atoms with E-state index in [1.807, 2.05) is 32.0 Å². The molecule has 4 nitrogen and oxygen atoms in total. The number of nitrogens with two attached hydrogens (primary N) is 1. The highest BCUT2D eigenvalue weighted by Gasteiger charge is 2.25. The third kappa shape index (κ3) is 3.22. The third-order valence-corrected chi connectivity index (χ3v) is 4.12. The van der Waals surface area contributed by atoms with Gasteiger partial charge in [0.25, 0.3) is 0 Å². The highest BCUT2D eigenvalue weighted by atomic mass is 16.5. The summed E-state index contributed by atoms with van der Waals surface area (Å²) in [5.41, 5.74) is 6.03. The number of ether oxygens (including phenoxy) is 1. The number of carbonyl (C=O) groups excluding carboxylic acids is 1. The molecule has 22 heavy (non-hydrogen) atoms. The summed E-state index contributed by atoms with van der Waals surface area (Å²) in [6.07, 6.45) is 0. The van der Waals surface area contributed by atoms with Crippen molar-refractivity contribution in [2.75, 3.05) is 13.7 Å². The Bertz CT molecular complexity index is 680. The molecule has 0 bridgehead atoms. The molecule has 0 saturated heterocycles. The second-order valence-corrected chi connectivity index (χ2v) is 6.25. The highest BCUT2D eigenvalue weighted by molar-refractivity contribution is 5.91. The third-order valence-electron chi connectivity index (χ3n) is 4.12. The molecule has 1 amide bonds. The van der Waals surface area contributed by atoms with Crippen molar-refractivity contribution in [1.29, 1.82) is 0 Å². The molecule has 2 aromatic rings. The van der Waals surface area contributed by atoms with Crippen LogP contribution in [0.1, 0.15) is 32.4 Å². The molecule has 0 aliphatic rings. The van der Waals surface area contributed by atoms with Crippen LogP contribution in [0.3, 0.4) is 0 Å². The van der Waals surface area contributed by atoms with E-state index in [1.165, 1.54) is 5.56 Å². The fourth-order valence-corrected chi connectivity index (χ4v) is 2.46. The molecule has 0 saturated carbocycles. The molecule has 1 atom stereocenters. The number of hydrogen-bond acceptors (Lipinski definition) is 3. The summed E-state index contributed by atoms with van der Waals surface area (Å²) in [5.74, 6) is 0.566. The molecule has 2 rings (SSSR count). The average Bonchev–Trinajstić information content (AvgIpc) is 2.51. The van der Waals surface area contributed by atoms with Crippen molar-refractivity contribution in [3.8, 4) is 5.75 Å². The largest absolute Gasteiger partial charge is 0.496 e. The van der Waals surface area contributed by atoms with Crippen LogP contribution in [-0.4, -0.2) is 19.6 Å². The van der Waals surface area contributed by atoms with Crippen LogP contribution in [-0.2, 0) is 4.79 Å². The van der Waals surface area contributed by atoms with Crippen molar-refractivity contribution in [1.82, 2.24) is 5.32 Å². The van der Waals surface area contributed by atoms with Gasteiger partial charge in [-0.1, -0.05) is 30.3 Å². The highest BCUT2D eigenvalue weighted by Crippen LogP contribution is 2.31. The lowest BCUT2D eigenvalue weighted by molar-refractivity contribution is -0.125. The summed E-state index contributed by atoms with van der Waals surface area (Å²) in [7, 11) is 1.68. The SMILES string of the molecule is COc1ccc([C@@H](C)NCC(C)(C)C(N)=O)c2ccccc12. The van der Waals surface area contributed by atoms with Crippen molar-refractivity contribution in [2.45, 2.75) is 26.8 Å². The monoisotopic (exact) mass is 300 g/mol. The summed E-state index contributed by atoms with van der Waals surface area (Å²) >= 11 is 0. The summed E-state index contributed by atoms with van der Waals surface area (Å²) < 4.78 is 5.43. The van der Waals surface area contributed by atoms with E-state index in [0.29, 0.717) is 6.54 Å². The Kier molecular flexibility index (Phi) is 4.71. The Morgan fingerprint density at radius 1 is 1.23 bits per heavy atom. The van der Waals surface area contributed by atoms with E-state index in [1.54, 1.807) is 7.11 Å². The molecule has 0 heterocycles. The fraction of sp³-hybridized carbons (Fsp3) is 0.389. The topological polar surface area (TPSA) is 64.3 Å². The Hall–Kier alpha value is -2.07. The lowest BCUT2D eigenvalue weighted by Crippen LogP contribution is -2.41. The Balaban J connectivity index is 2.29. The first kappa shape index (κ1) is 16.3. The van der Waals surface area contributed by atoms with Gasteiger partial charge in [0.15, 0.2) is 0 Å². The molecule has 3 N–H and O–H groups in total. The van der Waals surface area contributed by atoms with Gasteiger partial charge in [0.05, 0.1) is 12.5 Å². The summed E-state index contributed by atoms with van der Waals surface area (Å²) in [6.45, 7) is 6.32. The van der Waals surface area contributed by atoms with Crippen molar-refractivity contribution >= 4 is 16.7 Å². The molecule has 0 aliphatic heterocycles. The van der Waals surface area contributed by atoms with E-state index in [4.69, 9.17) is 10.5 Å². The Morgan fingerprint density at radius 2 is 1.86 bits per heavy atom. The maximum atomic E-state index is 11.4. The second kappa shape index (κ2) is 6.36. The van der Waals surface area contributed by atoms with Gasteiger partial charge in [0.1, 0.15) is 5.75 Å². The lowest BCUT2D eigenvalue weighted by atomic mass is 9.91. The zero-order chi connectivity index (χ0) is 16.3. The zero-order valence-corrected chi connectivity index (χ0v) is 13.6. The molecule has 0 radical (unpaired) electrons. The van der Waals surface area contributed by atoms with Crippen LogP contribution in [0.5, 0.6) is 5.75 Å². The minimum Gasteiger partial charge on any atom is -0.496 e. The molecule has 0 aromatic heterocycles. The number of methoxy groups -OCH3 is 1. The lowest BCUT2D eigenvalue weighted by Gasteiger charge is -2.25. The quantitative estimate of drug-likeness (QED) is 0.862. The number of nitrogens with one attached hydrogen (secondary N) is 1. The number of amides is 1. The van der Waals surface area contributed by atoms with Crippen molar-refractivity contribution in [3.05, 3.63) is 42.0 Å². The number of primary amides is 1. The molecule has 4 heteroatoms. The molecule has 0 fully saturated rings. The molecular formula is C18H24N2O2. The van der Waals surface area contributed by atoms with Gasteiger partial charge < -0.3 is 15.8 Å². The number of benzene rings is 2. The summed E-state index contributed by atoms with van der Waals surface area (Å²) in [6, 6.07) is 12.3. The number of rotatable bonds is 6. The van der Waals surface area contributed by atoms with Gasteiger partial charge in [-0.2, -0.15) is 0 Å². The molecule has 2 aromatic carbocycles. The molecule has 118 valence electrons. The smallest absolute Gasteiger partial charge is 0.224 e. The first-order valence-corrected chi connectivity index (χ1v) is 7.46. The van der Waals surface area contributed by atoms with Gasteiger partial charge in [-0.15, -0.1) is 0 Å². The molecule has 0 unspecified atom stereocenters. The van der Waals surface area contributed by atoms with E-state index in [-0.39, 0.29) is 11.9 Å². The van der Waals surface area contributed by atoms with E-state index in [2.05, 4.69) is 30.4 Å². The number of hydrogen-bond donors (Lipinski definition) is 2. The van der Waals surface area contributed by atoms with E-state index >= 15 is 0 Å². The predicted molar refractivity (Wildman–Crippen MR) is 89.9 cm³/mol. The van der Waals surface area contributed by atoms with Crippen LogP contribution in [0.2, 0.25) is 0 Å². The van der Waals surface area contributed by atoms with Crippen molar-refractivity contribution in [2.24, 2.45) is 11.1 Å². The number of fused-ring (bicyclic) bond motifs is 1. The van der Waals surface area contributed by atoms with Crippen LogP contribution >= 0.6 is 0 Å². The minimum atomic E-state index is -0.573. The number of carbonyl (C=O) groups is 1. The first-order valence-electron chi connectivity index (χ1n) is 7.46. The van der Waals surface area contributed by atoms with Gasteiger partial charge in [0, 0.05) is 18.0 Å². The van der Waals surface area contributed by atoms with Gasteiger partial charge in [-0.3, -0.25) is 4.79 Å². The van der Waals surface area contributed by atoms with E-state index < -0.39 is 5.41 Å². The van der Waals surface area contributed by atoms with E-state index in [9.17, 15) is 4.79 Å². The van der Waals surface area contributed by atoms with Gasteiger partial charge in [-0.05, 0) is 37.8 Å². The summed E-state index contributed by atoms with van der Waals surface area (Å²) in [4.78, 5) is 11.4. The van der Waals surface area contributed by atoms with Crippen molar-refractivity contribution in [3.63, 3.8) is 0 Å². The predicted octanol–water partition coefficient (Wildman–Crippen LogP) is 3.01. The van der Waals surface area contributed by atoms with Gasteiger partial charge in [-0.25, -0.2) is 0 Å². The van der Waals surface area contributed by atoms with E-state index in [0.717, 1.165) is 16.5 Å². The second-order valence-electron chi connectivity index (χ2n) is 6.25. The van der Waals surface area contributed by atoms with Gasteiger partial charge in [0.2, 0.25) is 5.91 Å². The normalized spacial score (nSPS) is 13.1. The average molecular weight is 300 g/mol. The Labute approximate surface area is 131 Å². The Morgan fingerprint density at radius 3 is 2.45 bits per heavy atom. The molecular weight excluding hydrogens is 276 g/mol. The zero-order valence-electron chi connectivity index (χ0n) is 13.6. The van der Waals surface area contributed by atoms with Crippen molar-refractivity contribution < 1.29 is 9.53 Å². The fourth-order valence-electron chi connectivity index (χ4n) is 2.46. The van der Waals surface area contributed by atoms with Crippen LogP contribution < -0.4 is 15.8 Å². The van der Waals surface area contributed by atoms with Crippen LogP contribution in [0.25, 0.3) is 10.8 Å². The van der Waals surface area contributed by atoms with Crippen LogP contribution in [0.4, 0.5) is 0 Å².